The Labute approximate surface area is 127 Å². The maximum atomic E-state index is 11.7. The fourth-order valence-electron chi connectivity index (χ4n) is 2.07. The molecule has 22 heavy (non-hydrogen) atoms. The van der Waals surface area contributed by atoms with Crippen LogP contribution in [0.2, 0.25) is 0 Å². The first-order valence-corrected chi connectivity index (χ1v) is 6.74. The molecule has 8 heteroatoms. The lowest BCUT2D eigenvalue weighted by atomic mass is 9.81. The third-order valence-corrected chi connectivity index (χ3v) is 3.31. The predicted octanol–water partition coefficient (Wildman–Crippen LogP) is 0.314. The minimum Gasteiger partial charge on any atom is -0.336 e. The molecule has 0 saturated heterocycles. The van der Waals surface area contributed by atoms with Crippen LogP contribution >= 0.6 is 0 Å². The molecule has 1 rings (SSSR count). The number of nitrogens with one attached hydrogen (secondary N) is 2. The number of hydroxylamine groups is 2. The fourth-order valence-corrected chi connectivity index (χ4v) is 2.07. The molecule has 2 N–H and O–H groups in total. The van der Waals surface area contributed by atoms with Gasteiger partial charge in [-0.3, -0.25) is 9.59 Å². The molecule has 0 spiro atoms. The molecule has 1 aliphatic carbocycles. The largest absolute Gasteiger partial charge is 0.355 e. The van der Waals surface area contributed by atoms with Gasteiger partial charge in [-0.15, -0.1) is 0 Å². The Bertz CT molecular complexity index is 436. The number of carbonyl (C=O) groups excluding carboxylic acids is 4. The summed E-state index contributed by atoms with van der Waals surface area (Å²) in [4.78, 5) is 54.1. The zero-order valence-corrected chi connectivity index (χ0v) is 12.0. The number of carbonyl (C=O) groups is 4. The van der Waals surface area contributed by atoms with Gasteiger partial charge in [-0.1, -0.05) is 13.2 Å². The highest BCUT2D eigenvalue weighted by atomic mass is 16.7. The summed E-state index contributed by atoms with van der Waals surface area (Å²) in [6.07, 6.45) is 3.73. The molecular weight excluding hydrogens is 292 g/mol. The molecule has 0 heterocycles. The van der Waals surface area contributed by atoms with Crippen LogP contribution in [-0.4, -0.2) is 23.8 Å². The first-order chi connectivity index (χ1) is 10.5. The van der Waals surface area contributed by atoms with E-state index in [1.807, 2.05) is 0 Å². The van der Waals surface area contributed by atoms with Crippen LogP contribution in [0.25, 0.3) is 0 Å². The van der Waals surface area contributed by atoms with Crippen molar-refractivity contribution >= 4 is 23.8 Å². The van der Waals surface area contributed by atoms with Crippen LogP contribution in [0, 0.1) is 11.8 Å². The van der Waals surface area contributed by atoms with E-state index >= 15 is 0 Å². The summed E-state index contributed by atoms with van der Waals surface area (Å²) in [5.74, 6) is -2.98. The number of hydrogen-bond donors (Lipinski definition) is 2. The van der Waals surface area contributed by atoms with Gasteiger partial charge >= 0.3 is 11.9 Å². The zero-order chi connectivity index (χ0) is 16.5. The Morgan fingerprint density at radius 3 is 1.36 bits per heavy atom. The van der Waals surface area contributed by atoms with E-state index in [9.17, 15) is 19.2 Å². The second kappa shape index (κ2) is 8.60. The van der Waals surface area contributed by atoms with E-state index in [1.165, 1.54) is 0 Å². The number of rotatable bonds is 4. The molecule has 0 aliphatic heterocycles. The first kappa shape index (κ1) is 17.4. The normalized spacial score (nSPS) is 20.2. The molecule has 1 saturated carbocycles. The lowest BCUT2D eigenvalue weighted by Gasteiger charge is -2.26. The Balaban J connectivity index is 2.33. The van der Waals surface area contributed by atoms with Crippen molar-refractivity contribution in [1.82, 2.24) is 11.0 Å². The van der Waals surface area contributed by atoms with E-state index in [-0.39, 0.29) is 11.8 Å². The lowest BCUT2D eigenvalue weighted by Crippen LogP contribution is -2.38. The van der Waals surface area contributed by atoms with Crippen molar-refractivity contribution < 1.29 is 28.9 Å². The van der Waals surface area contributed by atoms with Crippen LogP contribution in [0.1, 0.15) is 25.7 Å². The molecule has 1 aliphatic rings. The summed E-state index contributed by atoms with van der Waals surface area (Å²) in [6, 6.07) is 0. The average Bonchev–Trinajstić information content (AvgIpc) is 2.56. The van der Waals surface area contributed by atoms with Gasteiger partial charge in [0.25, 0.3) is 11.8 Å². The molecule has 0 atom stereocenters. The summed E-state index contributed by atoms with van der Waals surface area (Å²) < 4.78 is 0. The Morgan fingerprint density at radius 2 is 1.09 bits per heavy atom. The maximum Gasteiger partial charge on any atom is 0.355 e. The average molecular weight is 310 g/mol. The van der Waals surface area contributed by atoms with Crippen molar-refractivity contribution in [1.29, 1.82) is 0 Å². The second-order valence-corrected chi connectivity index (χ2v) is 4.73. The maximum absolute atomic E-state index is 11.7. The molecule has 120 valence electrons. The van der Waals surface area contributed by atoms with Crippen LogP contribution in [-0.2, 0) is 28.9 Å². The van der Waals surface area contributed by atoms with Crippen molar-refractivity contribution in [3.63, 3.8) is 0 Å². The first-order valence-electron chi connectivity index (χ1n) is 6.74. The monoisotopic (exact) mass is 310 g/mol. The molecule has 8 nitrogen and oxygen atoms in total. The number of amides is 2. The zero-order valence-electron chi connectivity index (χ0n) is 12.0. The van der Waals surface area contributed by atoms with Crippen LogP contribution in [0.5, 0.6) is 0 Å². The van der Waals surface area contributed by atoms with Crippen LogP contribution in [0.15, 0.2) is 25.3 Å². The highest BCUT2D eigenvalue weighted by Gasteiger charge is 2.30. The van der Waals surface area contributed by atoms with Gasteiger partial charge < -0.3 is 9.68 Å². The van der Waals surface area contributed by atoms with E-state index in [1.54, 1.807) is 0 Å². The molecular formula is C14H18N2O6. The highest BCUT2D eigenvalue weighted by molar-refractivity contribution is 5.85. The van der Waals surface area contributed by atoms with Crippen molar-refractivity contribution in [2.24, 2.45) is 11.8 Å². The van der Waals surface area contributed by atoms with Crippen LogP contribution in [0.4, 0.5) is 0 Å². The van der Waals surface area contributed by atoms with Gasteiger partial charge in [0.1, 0.15) is 0 Å². The van der Waals surface area contributed by atoms with E-state index in [0.29, 0.717) is 25.7 Å². The molecule has 0 bridgehead atoms. The standard InChI is InChI=1S/C14H18N2O6/c1-3-11(17)21-15-13(19)9-5-7-10(8-6-9)14(20)16-22-12(18)4-2/h3-4,9-10H,1-2,5-8H2,(H,15,19)(H,16,20). The van der Waals surface area contributed by atoms with Crippen LogP contribution in [0.3, 0.4) is 0 Å². The summed E-state index contributed by atoms with van der Waals surface area (Å²) in [5.41, 5.74) is 4.11. The van der Waals surface area contributed by atoms with E-state index in [0.717, 1.165) is 12.2 Å². The quantitative estimate of drug-likeness (QED) is 0.571. The summed E-state index contributed by atoms with van der Waals surface area (Å²) >= 11 is 0. The molecule has 0 radical (unpaired) electrons. The van der Waals surface area contributed by atoms with Gasteiger partial charge in [0.2, 0.25) is 0 Å². The Kier molecular flexibility index (Phi) is 6.81. The van der Waals surface area contributed by atoms with Crippen molar-refractivity contribution in [3.8, 4) is 0 Å². The number of hydrogen-bond acceptors (Lipinski definition) is 6. The molecule has 0 unspecified atom stereocenters. The van der Waals surface area contributed by atoms with E-state index in [2.05, 4.69) is 33.8 Å². The lowest BCUT2D eigenvalue weighted by molar-refractivity contribution is -0.157. The summed E-state index contributed by atoms with van der Waals surface area (Å²) in [5, 5.41) is 0. The fraction of sp³-hybridized carbons (Fsp3) is 0.429. The van der Waals surface area contributed by atoms with Crippen LogP contribution < -0.4 is 11.0 Å². The highest BCUT2D eigenvalue weighted by Crippen LogP contribution is 2.29. The second-order valence-electron chi connectivity index (χ2n) is 4.73. The summed E-state index contributed by atoms with van der Waals surface area (Å²) in [7, 11) is 0. The SMILES string of the molecule is C=CC(=O)ONC(=O)C1CCC(C(=O)NOC(=O)C=C)CC1. The summed E-state index contributed by atoms with van der Waals surface area (Å²) in [6.45, 7) is 6.41. The molecule has 1 fully saturated rings. The third-order valence-electron chi connectivity index (χ3n) is 3.31. The minimum atomic E-state index is -0.745. The van der Waals surface area contributed by atoms with Crippen molar-refractivity contribution in [2.75, 3.05) is 0 Å². The molecule has 0 aromatic heterocycles. The van der Waals surface area contributed by atoms with E-state index < -0.39 is 23.8 Å². The predicted molar refractivity (Wildman–Crippen MR) is 74.3 cm³/mol. The van der Waals surface area contributed by atoms with Gasteiger partial charge in [0.15, 0.2) is 0 Å². The van der Waals surface area contributed by atoms with Crippen molar-refractivity contribution in [3.05, 3.63) is 25.3 Å². The van der Waals surface area contributed by atoms with Gasteiger partial charge in [0, 0.05) is 24.0 Å². The van der Waals surface area contributed by atoms with Gasteiger partial charge in [-0.05, 0) is 25.7 Å². The topological polar surface area (TPSA) is 111 Å². The Hall–Kier alpha value is -2.64. The molecule has 0 aromatic rings. The van der Waals surface area contributed by atoms with Crippen molar-refractivity contribution in [2.45, 2.75) is 25.7 Å². The van der Waals surface area contributed by atoms with Gasteiger partial charge in [0.05, 0.1) is 0 Å². The van der Waals surface area contributed by atoms with E-state index in [4.69, 9.17) is 0 Å². The smallest absolute Gasteiger partial charge is 0.336 e. The van der Waals surface area contributed by atoms with Gasteiger partial charge in [-0.25, -0.2) is 9.59 Å². The molecule has 2 amide bonds. The third kappa shape index (κ3) is 5.39. The minimum absolute atomic E-state index is 0.336. The molecule has 0 aromatic carbocycles. The Morgan fingerprint density at radius 1 is 0.773 bits per heavy atom. The van der Waals surface area contributed by atoms with Gasteiger partial charge in [-0.2, -0.15) is 11.0 Å².